The number of anilines is 1. The van der Waals surface area contributed by atoms with Gasteiger partial charge in [-0.25, -0.2) is 0 Å². The fourth-order valence-corrected chi connectivity index (χ4v) is 17.4. The van der Waals surface area contributed by atoms with Gasteiger partial charge in [-0.15, -0.1) is 45.8 Å². The molecule has 3 aromatic heterocycles. The van der Waals surface area contributed by atoms with Crippen molar-refractivity contribution in [2.75, 3.05) is 30.9 Å². The Morgan fingerprint density at radius 1 is 0.600 bits per heavy atom. The van der Waals surface area contributed by atoms with Crippen LogP contribution in [0.5, 0.6) is 0 Å². The van der Waals surface area contributed by atoms with Crippen LogP contribution >= 0.6 is 45.8 Å². The quantitative estimate of drug-likeness (QED) is 0.0807. The number of hydrogen-bond donors (Lipinski definition) is 0. The molecule has 4 aromatic carbocycles. The Balaban J connectivity index is 1.09. The zero-order valence-corrected chi connectivity index (χ0v) is 44.5. The molecule has 0 N–H and O–H groups in total. The smallest absolute Gasteiger partial charge is 0.203 e. The van der Waals surface area contributed by atoms with Gasteiger partial charge < -0.3 is 9.64 Å². The van der Waals surface area contributed by atoms with Gasteiger partial charge in [-0.1, -0.05) is 194 Å². The van der Waals surface area contributed by atoms with Crippen molar-refractivity contribution in [2.45, 2.75) is 89.9 Å². The minimum Gasteiger partial charge on any atom is -0.495 e. The van der Waals surface area contributed by atoms with Crippen molar-refractivity contribution in [1.82, 2.24) is 0 Å². The van der Waals surface area contributed by atoms with Crippen LogP contribution in [0.1, 0.15) is 123 Å². The second-order valence-corrected chi connectivity index (χ2v) is 23.8. The Labute approximate surface area is 431 Å². The van der Waals surface area contributed by atoms with Crippen LogP contribution in [0, 0.1) is 11.8 Å². The van der Waals surface area contributed by atoms with Crippen LogP contribution in [-0.2, 0) is 20.4 Å². The molecule has 4 aliphatic rings. The van der Waals surface area contributed by atoms with Gasteiger partial charge in [-0.2, -0.15) is 0 Å². The van der Waals surface area contributed by atoms with Gasteiger partial charge in [0.25, 0.3) is 0 Å². The van der Waals surface area contributed by atoms with Gasteiger partial charge in [-0.3, -0.25) is 4.79 Å². The van der Waals surface area contributed by atoms with Crippen molar-refractivity contribution in [3.05, 3.63) is 210 Å². The maximum atomic E-state index is 15.2. The van der Waals surface area contributed by atoms with Crippen LogP contribution in [-0.4, -0.2) is 31.7 Å². The monoisotopic (exact) mass is 993 g/mol. The van der Waals surface area contributed by atoms with E-state index in [9.17, 15) is 0 Å². The molecule has 4 heterocycles. The lowest BCUT2D eigenvalue weighted by molar-refractivity contribution is -0.110. The summed E-state index contributed by atoms with van der Waals surface area (Å²) in [6.45, 7) is 11.6. The molecule has 11 rings (SSSR count). The number of fused-ring (bicyclic) bond motifs is 5. The van der Waals surface area contributed by atoms with Gasteiger partial charge >= 0.3 is 0 Å². The first kappa shape index (κ1) is 47.2. The molecule has 0 saturated carbocycles. The summed E-state index contributed by atoms with van der Waals surface area (Å²) in [6.07, 6.45) is 12.4. The van der Waals surface area contributed by atoms with E-state index in [1.807, 2.05) is 23.1 Å². The number of nitrogens with zero attached hydrogens (tertiary/aromatic N) is 1. The largest absolute Gasteiger partial charge is 0.495 e. The molecule has 356 valence electrons. The van der Waals surface area contributed by atoms with Crippen LogP contribution in [0.25, 0.3) is 25.8 Å². The Kier molecular flexibility index (Phi) is 13.3. The van der Waals surface area contributed by atoms with E-state index in [1.165, 1.54) is 120 Å². The number of allylic oxidation sites excluding steroid dienone is 2. The third-order valence-electron chi connectivity index (χ3n) is 15.8. The maximum absolute atomic E-state index is 15.2. The number of carbonyl (C=O) groups is 1. The second-order valence-electron chi connectivity index (χ2n) is 19.6. The molecular formula is C63H63NO2S4. The van der Waals surface area contributed by atoms with Gasteiger partial charge in [0.2, 0.25) is 5.78 Å². The van der Waals surface area contributed by atoms with Gasteiger partial charge in [0, 0.05) is 37.7 Å². The van der Waals surface area contributed by atoms with Crippen molar-refractivity contribution in [3.63, 3.8) is 0 Å². The standard InChI is InChI=1S/C63H63NO2S4/c1-6-10-24-41(8-3)39-64(40-42(9-4)25-11-7-2)53-38-50-61(70-53)60-49(63(50,45-30-20-14-21-31-45)46-32-22-15-23-33-46)37-52(69-60)55-56(65)54(57(55)66-5)51-36-48-59(68-51)58-47(34-35-67-58)62(48,43-26-16-12-17-27-43)44-28-18-13-19-29-44/h12-23,26-34,36-38,41-42H,6-11,24-25,35,39-40H2,1-5H3/b54-51-. The van der Waals surface area contributed by atoms with Crippen molar-refractivity contribution in [3.8, 4) is 9.75 Å². The fraction of sp³-hybridized carbons (Fsp3) is 0.317. The molecular weight excluding hydrogens is 931 g/mol. The lowest BCUT2D eigenvalue weighted by Crippen LogP contribution is -2.34. The second kappa shape index (κ2) is 19.8. The number of thioether (sulfide) groups is 1. The Morgan fingerprint density at radius 3 is 1.63 bits per heavy atom. The number of carbonyl (C=O) groups excluding carboxylic acids is 1. The van der Waals surface area contributed by atoms with Gasteiger partial charge in [0.15, 0.2) is 0 Å². The molecule has 70 heavy (non-hydrogen) atoms. The molecule has 3 nitrogen and oxygen atoms in total. The molecule has 2 unspecified atom stereocenters. The third-order valence-corrected chi connectivity index (χ3v) is 20.6. The number of methoxy groups -OCH3 is 1. The molecule has 7 heteroatoms. The van der Waals surface area contributed by atoms with Crippen LogP contribution in [0.4, 0.5) is 5.00 Å². The lowest BCUT2D eigenvalue weighted by Gasteiger charge is -2.34. The average molecular weight is 994 g/mol. The molecule has 1 aliphatic heterocycles. The first-order valence-electron chi connectivity index (χ1n) is 25.7. The number of benzene rings is 4. The number of ether oxygens (including phenoxy) is 1. The average Bonchev–Trinajstić information content (AvgIpc) is 4.28. The molecule has 0 radical (unpaired) electrons. The molecule has 0 amide bonds. The Bertz CT molecular complexity index is 3130. The topological polar surface area (TPSA) is 29.5 Å². The van der Waals surface area contributed by atoms with Crippen LogP contribution < -0.4 is 14.0 Å². The van der Waals surface area contributed by atoms with Crippen molar-refractivity contribution in [1.29, 1.82) is 0 Å². The number of ketones is 1. The van der Waals surface area contributed by atoms with E-state index >= 15 is 4.79 Å². The summed E-state index contributed by atoms with van der Waals surface area (Å²) in [5.41, 5.74) is 10.6. The summed E-state index contributed by atoms with van der Waals surface area (Å²) in [5, 5.41) is 1.38. The van der Waals surface area contributed by atoms with Crippen molar-refractivity contribution in [2.24, 2.45) is 11.8 Å². The van der Waals surface area contributed by atoms with E-state index in [4.69, 9.17) is 4.74 Å². The van der Waals surface area contributed by atoms with Gasteiger partial charge in [0.1, 0.15) is 5.76 Å². The summed E-state index contributed by atoms with van der Waals surface area (Å²) in [7, 11) is 1.75. The normalized spacial score (nSPS) is 17.7. The van der Waals surface area contributed by atoms with Crippen molar-refractivity contribution >= 4 is 72.6 Å². The minimum atomic E-state index is -0.553. The number of Topliss-reactive ketones (excluding diaryl/α,β-unsaturated/α-hetero) is 1. The number of hydrogen-bond acceptors (Lipinski definition) is 7. The van der Waals surface area contributed by atoms with E-state index < -0.39 is 10.8 Å². The summed E-state index contributed by atoms with van der Waals surface area (Å²) in [6, 6.07) is 51.4. The van der Waals surface area contributed by atoms with E-state index in [0.29, 0.717) is 28.7 Å². The molecule has 0 bridgehead atoms. The number of unbranched alkanes of at least 4 members (excludes halogenated alkanes) is 2. The van der Waals surface area contributed by atoms with E-state index in [-0.39, 0.29) is 5.78 Å². The van der Waals surface area contributed by atoms with E-state index in [1.54, 1.807) is 29.8 Å². The zero-order valence-electron chi connectivity index (χ0n) is 41.2. The third kappa shape index (κ3) is 7.51. The molecule has 0 saturated heterocycles. The predicted octanol–water partition coefficient (Wildman–Crippen LogP) is 15.4. The fourth-order valence-electron chi connectivity index (χ4n) is 12.2. The zero-order chi connectivity index (χ0) is 48.0. The van der Waals surface area contributed by atoms with Gasteiger partial charge in [0.05, 0.1) is 43.8 Å². The van der Waals surface area contributed by atoms with Crippen LogP contribution in [0.2, 0.25) is 0 Å². The highest BCUT2D eigenvalue weighted by Gasteiger charge is 2.52. The van der Waals surface area contributed by atoms with Crippen LogP contribution in [0.15, 0.2) is 157 Å². The Hall–Kier alpha value is -5.18. The summed E-state index contributed by atoms with van der Waals surface area (Å²) in [5.74, 6) is 3.02. The molecule has 3 aliphatic carbocycles. The van der Waals surface area contributed by atoms with E-state index in [0.717, 1.165) is 28.3 Å². The molecule has 7 aromatic rings. The van der Waals surface area contributed by atoms with E-state index in [2.05, 4.69) is 178 Å². The first-order chi connectivity index (χ1) is 34.4. The minimum absolute atomic E-state index is 0.0697. The predicted molar refractivity (Wildman–Crippen MR) is 301 cm³/mol. The highest BCUT2D eigenvalue weighted by molar-refractivity contribution is 8.08. The summed E-state index contributed by atoms with van der Waals surface area (Å²) < 4.78 is 8.64. The van der Waals surface area contributed by atoms with Crippen LogP contribution in [0.3, 0.4) is 0 Å². The lowest BCUT2D eigenvalue weighted by atomic mass is 9.67. The number of thiophene rings is 3. The molecule has 0 fully saturated rings. The number of rotatable bonds is 19. The summed E-state index contributed by atoms with van der Waals surface area (Å²) >= 11 is 7.44. The molecule has 2 atom stereocenters. The first-order valence-corrected chi connectivity index (χ1v) is 29.2. The Morgan fingerprint density at radius 2 is 1.11 bits per heavy atom. The highest BCUT2D eigenvalue weighted by Crippen LogP contribution is 2.63. The maximum Gasteiger partial charge on any atom is 0.203 e. The van der Waals surface area contributed by atoms with Crippen molar-refractivity contribution < 1.29 is 9.53 Å². The molecule has 0 spiro atoms. The summed E-state index contributed by atoms with van der Waals surface area (Å²) in [4.78, 5) is 22.9. The van der Waals surface area contributed by atoms with Gasteiger partial charge in [-0.05, 0) is 87.4 Å². The highest BCUT2D eigenvalue weighted by atomic mass is 32.2. The SMILES string of the molecule is CCCCC(CC)CN(CC(CC)CCCC)c1cc2c(s1)-c1sc(C3=C(OC)/C(=c4/cc5c(s4)=C4SCC=C4C5(c4ccccc4)c4ccccc4)C3=O)cc1C2(c1ccccc1)c1ccccc1.